The van der Waals surface area contributed by atoms with Gasteiger partial charge in [-0.3, -0.25) is 4.79 Å². The second-order valence-electron chi connectivity index (χ2n) is 4.04. The van der Waals surface area contributed by atoms with Gasteiger partial charge in [0.2, 0.25) is 0 Å². The summed E-state index contributed by atoms with van der Waals surface area (Å²) in [6.45, 7) is 2.53. The molecule has 0 aliphatic heterocycles. The fraction of sp³-hybridized carbons (Fsp3) is 0.231. The van der Waals surface area contributed by atoms with Crippen LogP contribution in [0.5, 0.6) is 0 Å². The van der Waals surface area contributed by atoms with Gasteiger partial charge in [-0.25, -0.2) is 4.98 Å². The van der Waals surface area contributed by atoms with E-state index in [1.54, 1.807) is 6.20 Å². The molecule has 4 nitrogen and oxygen atoms in total. The zero-order valence-corrected chi connectivity index (χ0v) is 11.9. The Morgan fingerprint density at radius 1 is 1.47 bits per heavy atom. The van der Waals surface area contributed by atoms with Crippen LogP contribution in [-0.2, 0) is 11.3 Å². The maximum absolute atomic E-state index is 10.6. The number of aromatic nitrogens is 2. The first-order valence-corrected chi connectivity index (χ1v) is 7.04. The monoisotopic (exact) mass is 296 g/mol. The van der Waals surface area contributed by atoms with Crippen molar-refractivity contribution in [1.29, 1.82) is 0 Å². The molecule has 0 unspecified atom stereocenters. The van der Waals surface area contributed by atoms with Crippen LogP contribution in [0.25, 0.3) is 0 Å². The van der Waals surface area contributed by atoms with E-state index in [2.05, 4.69) is 4.98 Å². The highest BCUT2D eigenvalue weighted by Crippen LogP contribution is 2.22. The number of nitrogens with zero attached hydrogens (tertiary/aromatic N) is 2. The summed E-state index contributed by atoms with van der Waals surface area (Å²) in [5, 5.41) is 10.1. The van der Waals surface area contributed by atoms with E-state index in [-0.39, 0.29) is 5.75 Å². The lowest BCUT2D eigenvalue weighted by atomic mass is 10.2. The predicted molar refractivity (Wildman–Crippen MR) is 75.9 cm³/mol. The molecule has 0 bridgehead atoms. The number of benzene rings is 1. The molecule has 2 aromatic rings. The summed E-state index contributed by atoms with van der Waals surface area (Å²) in [4.78, 5) is 14.9. The average molecular weight is 297 g/mol. The highest BCUT2D eigenvalue weighted by atomic mass is 35.5. The largest absolute Gasteiger partial charge is 0.481 e. The number of carboxylic acids is 1. The SMILES string of the molecule is Cc1cnc(SCC(=O)O)n1Cc1ccccc1Cl. The number of hydrogen-bond donors (Lipinski definition) is 1. The quantitative estimate of drug-likeness (QED) is 0.862. The molecular weight excluding hydrogens is 284 g/mol. The molecule has 0 fully saturated rings. The van der Waals surface area contributed by atoms with Gasteiger partial charge in [0.15, 0.2) is 5.16 Å². The van der Waals surface area contributed by atoms with Gasteiger partial charge in [-0.05, 0) is 18.6 Å². The second kappa shape index (κ2) is 6.12. The van der Waals surface area contributed by atoms with E-state index in [9.17, 15) is 4.79 Å². The molecule has 6 heteroatoms. The molecular formula is C13H13ClN2O2S. The van der Waals surface area contributed by atoms with Gasteiger partial charge in [0.1, 0.15) is 0 Å². The molecule has 1 aromatic heterocycles. The Labute approximate surface area is 120 Å². The summed E-state index contributed by atoms with van der Waals surface area (Å²) in [6.07, 6.45) is 1.74. The van der Waals surface area contributed by atoms with Gasteiger partial charge in [0.25, 0.3) is 0 Å². The fourth-order valence-corrected chi connectivity index (χ4v) is 2.61. The maximum atomic E-state index is 10.6. The third kappa shape index (κ3) is 3.52. The topological polar surface area (TPSA) is 55.1 Å². The van der Waals surface area contributed by atoms with Crippen molar-refractivity contribution in [3.63, 3.8) is 0 Å². The highest BCUT2D eigenvalue weighted by Gasteiger charge is 2.11. The van der Waals surface area contributed by atoms with Crippen LogP contribution in [0.1, 0.15) is 11.3 Å². The van der Waals surface area contributed by atoms with E-state index in [0.717, 1.165) is 11.3 Å². The number of aryl methyl sites for hydroxylation is 1. The van der Waals surface area contributed by atoms with Crippen molar-refractivity contribution in [2.24, 2.45) is 0 Å². The Balaban J connectivity index is 2.22. The Kier molecular flexibility index (Phi) is 4.50. The molecule has 0 aliphatic rings. The van der Waals surface area contributed by atoms with Crippen molar-refractivity contribution in [2.75, 3.05) is 5.75 Å². The fourth-order valence-electron chi connectivity index (χ4n) is 1.67. The molecule has 100 valence electrons. The summed E-state index contributed by atoms with van der Waals surface area (Å²) in [7, 11) is 0. The summed E-state index contributed by atoms with van der Waals surface area (Å²) >= 11 is 7.35. The van der Waals surface area contributed by atoms with Gasteiger partial charge >= 0.3 is 5.97 Å². The smallest absolute Gasteiger partial charge is 0.313 e. The molecule has 1 N–H and O–H groups in total. The van der Waals surface area contributed by atoms with E-state index >= 15 is 0 Å². The lowest BCUT2D eigenvalue weighted by Gasteiger charge is -2.10. The van der Waals surface area contributed by atoms with Crippen LogP contribution in [-0.4, -0.2) is 26.4 Å². The predicted octanol–water partition coefficient (Wildman–Crippen LogP) is 3.07. The zero-order chi connectivity index (χ0) is 13.8. The minimum Gasteiger partial charge on any atom is -0.481 e. The van der Waals surface area contributed by atoms with Crippen LogP contribution in [0.2, 0.25) is 5.02 Å². The first-order chi connectivity index (χ1) is 9.08. The Hall–Kier alpha value is -1.46. The average Bonchev–Trinajstić information content (AvgIpc) is 2.71. The molecule has 19 heavy (non-hydrogen) atoms. The van der Waals surface area contributed by atoms with E-state index in [4.69, 9.17) is 16.7 Å². The number of hydrogen-bond acceptors (Lipinski definition) is 3. The highest BCUT2D eigenvalue weighted by molar-refractivity contribution is 7.99. The van der Waals surface area contributed by atoms with E-state index in [0.29, 0.717) is 16.7 Å². The van der Waals surface area contributed by atoms with Crippen molar-refractivity contribution in [2.45, 2.75) is 18.6 Å². The summed E-state index contributed by atoms with van der Waals surface area (Å²) in [5.41, 5.74) is 1.97. The number of halogens is 1. The minimum absolute atomic E-state index is 0.00102. The van der Waals surface area contributed by atoms with Gasteiger partial charge < -0.3 is 9.67 Å². The molecule has 2 rings (SSSR count). The number of thioether (sulfide) groups is 1. The molecule has 0 radical (unpaired) electrons. The van der Waals surface area contributed by atoms with Crippen molar-refractivity contribution in [3.8, 4) is 0 Å². The van der Waals surface area contributed by atoms with Crippen LogP contribution in [0.15, 0.2) is 35.6 Å². The first-order valence-electron chi connectivity index (χ1n) is 5.68. The Bertz CT molecular complexity index is 598. The molecule has 0 amide bonds. The third-order valence-electron chi connectivity index (χ3n) is 2.63. The van der Waals surface area contributed by atoms with Crippen molar-refractivity contribution in [3.05, 3.63) is 46.7 Å². The first kappa shape index (κ1) is 14.0. The van der Waals surface area contributed by atoms with Crippen LogP contribution >= 0.6 is 23.4 Å². The maximum Gasteiger partial charge on any atom is 0.313 e. The standard InChI is InChI=1S/C13H13ClN2O2S/c1-9-6-15-13(19-8-12(17)18)16(9)7-10-4-2-3-5-11(10)14/h2-6H,7-8H2,1H3,(H,17,18). The third-order valence-corrected chi connectivity index (χ3v) is 3.97. The van der Waals surface area contributed by atoms with Gasteiger partial charge in [-0.2, -0.15) is 0 Å². The number of imidazole rings is 1. The minimum atomic E-state index is -0.852. The van der Waals surface area contributed by atoms with Gasteiger partial charge in [0.05, 0.1) is 12.3 Å². The normalized spacial score (nSPS) is 10.6. The molecule has 0 spiro atoms. The van der Waals surface area contributed by atoms with E-state index in [1.807, 2.05) is 35.8 Å². The molecule has 0 saturated carbocycles. The summed E-state index contributed by atoms with van der Waals surface area (Å²) < 4.78 is 1.97. The molecule has 0 aliphatic carbocycles. The molecule has 0 saturated heterocycles. The van der Waals surface area contributed by atoms with Crippen molar-refractivity contribution < 1.29 is 9.90 Å². The lowest BCUT2D eigenvalue weighted by Crippen LogP contribution is -2.06. The zero-order valence-electron chi connectivity index (χ0n) is 10.3. The van der Waals surface area contributed by atoms with Crippen LogP contribution < -0.4 is 0 Å². The van der Waals surface area contributed by atoms with Crippen molar-refractivity contribution >= 4 is 29.3 Å². The number of rotatable bonds is 5. The lowest BCUT2D eigenvalue weighted by molar-refractivity contribution is -0.133. The van der Waals surface area contributed by atoms with Crippen LogP contribution in [0.3, 0.4) is 0 Å². The number of aliphatic carboxylic acids is 1. The van der Waals surface area contributed by atoms with Crippen LogP contribution in [0.4, 0.5) is 0 Å². The van der Waals surface area contributed by atoms with Crippen molar-refractivity contribution in [1.82, 2.24) is 9.55 Å². The molecule has 0 atom stereocenters. The second-order valence-corrected chi connectivity index (χ2v) is 5.39. The van der Waals surface area contributed by atoms with E-state index < -0.39 is 5.97 Å². The van der Waals surface area contributed by atoms with Gasteiger partial charge in [-0.15, -0.1) is 0 Å². The number of carbonyl (C=O) groups is 1. The Morgan fingerprint density at radius 2 is 2.21 bits per heavy atom. The van der Waals surface area contributed by atoms with Gasteiger partial charge in [-0.1, -0.05) is 41.6 Å². The molecule has 1 aromatic carbocycles. The summed E-state index contributed by atoms with van der Waals surface area (Å²) in [5.74, 6) is -0.853. The Morgan fingerprint density at radius 3 is 2.89 bits per heavy atom. The van der Waals surface area contributed by atoms with E-state index in [1.165, 1.54) is 11.8 Å². The molecule has 1 heterocycles. The van der Waals surface area contributed by atoms with Crippen LogP contribution in [0, 0.1) is 6.92 Å². The summed E-state index contributed by atoms with van der Waals surface area (Å²) in [6, 6.07) is 7.60. The van der Waals surface area contributed by atoms with Gasteiger partial charge in [0, 0.05) is 16.9 Å². The number of carboxylic acid groups (broad SMARTS) is 1.